The lowest BCUT2D eigenvalue weighted by molar-refractivity contribution is -0.121. The van der Waals surface area contributed by atoms with Gasteiger partial charge in [0.05, 0.1) is 24.6 Å². The Kier molecular flexibility index (Phi) is 7.03. The van der Waals surface area contributed by atoms with Crippen LogP contribution in [0.5, 0.6) is 11.5 Å². The molecule has 0 radical (unpaired) electrons. The molecule has 2 rings (SSSR count). The summed E-state index contributed by atoms with van der Waals surface area (Å²) < 4.78 is 11.4. The van der Waals surface area contributed by atoms with Gasteiger partial charge in [0.25, 0.3) is 5.91 Å². The average molecular weight is 421 g/mol. The molecule has 0 unspecified atom stereocenters. The van der Waals surface area contributed by atoms with Crippen molar-refractivity contribution >= 4 is 27.7 Å². The molecule has 0 fully saturated rings. The van der Waals surface area contributed by atoms with E-state index in [0.717, 1.165) is 11.1 Å². The van der Waals surface area contributed by atoms with Gasteiger partial charge in [-0.25, -0.2) is 0 Å². The highest BCUT2D eigenvalue weighted by Gasteiger charge is 2.16. The number of amides is 2. The molecule has 0 aliphatic carbocycles. The van der Waals surface area contributed by atoms with Crippen LogP contribution in [-0.4, -0.2) is 25.5 Å². The van der Waals surface area contributed by atoms with Crippen molar-refractivity contribution in [3.05, 3.63) is 57.6 Å². The smallest absolute Gasteiger partial charge is 0.269 e. The number of benzene rings is 2. The minimum Gasteiger partial charge on any atom is -0.493 e. The number of methoxy groups -OCH3 is 1. The summed E-state index contributed by atoms with van der Waals surface area (Å²) in [4.78, 5) is 24.4. The molecule has 0 spiro atoms. The topological polar surface area (TPSA) is 76.7 Å². The Balaban J connectivity index is 2.02. The van der Waals surface area contributed by atoms with Gasteiger partial charge < -0.3 is 9.47 Å². The summed E-state index contributed by atoms with van der Waals surface area (Å²) in [5.41, 5.74) is 7.10. The highest BCUT2D eigenvalue weighted by atomic mass is 79.9. The van der Waals surface area contributed by atoms with Crippen LogP contribution in [0.4, 0.5) is 0 Å². The molecule has 2 N–H and O–H groups in total. The third-order valence-corrected chi connectivity index (χ3v) is 4.30. The molecule has 6 nitrogen and oxygen atoms in total. The number of halogens is 1. The number of nitrogens with one attached hydrogen (secondary N) is 2. The number of hydrazine groups is 1. The van der Waals surface area contributed by atoms with E-state index in [1.807, 2.05) is 38.1 Å². The molecule has 7 heteroatoms. The van der Waals surface area contributed by atoms with E-state index in [1.165, 1.54) is 7.11 Å². The van der Waals surface area contributed by atoms with E-state index in [0.29, 0.717) is 28.1 Å². The highest BCUT2D eigenvalue weighted by Crippen LogP contribution is 2.36. The Bertz CT molecular complexity index is 808. The van der Waals surface area contributed by atoms with Crippen LogP contribution in [0.15, 0.2) is 40.9 Å². The second-order valence-corrected chi connectivity index (χ2v) is 6.38. The zero-order valence-electron chi connectivity index (χ0n) is 14.9. The van der Waals surface area contributed by atoms with Gasteiger partial charge in [-0.15, -0.1) is 0 Å². The molecule has 0 saturated heterocycles. The average Bonchev–Trinajstić information content (AvgIpc) is 2.63. The molecule has 2 aromatic rings. The second kappa shape index (κ2) is 9.24. The van der Waals surface area contributed by atoms with Crippen molar-refractivity contribution in [1.29, 1.82) is 0 Å². The third kappa shape index (κ3) is 4.98. The molecule has 0 bridgehead atoms. The zero-order valence-corrected chi connectivity index (χ0v) is 16.5. The summed E-state index contributed by atoms with van der Waals surface area (Å²) in [6, 6.07) is 10.8. The molecule has 138 valence electrons. The molecule has 0 aromatic heterocycles. The molecule has 26 heavy (non-hydrogen) atoms. The Morgan fingerprint density at radius 3 is 2.54 bits per heavy atom. The highest BCUT2D eigenvalue weighted by molar-refractivity contribution is 9.10. The number of carbonyl (C=O) groups excluding carboxylic acids is 2. The van der Waals surface area contributed by atoms with Gasteiger partial charge in [0, 0.05) is 5.56 Å². The van der Waals surface area contributed by atoms with Crippen molar-refractivity contribution in [2.45, 2.75) is 20.3 Å². The number of hydrogen-bond donors (Lipinski definition) is 2. The summed E-state index contributed by atoms with van der Waals surface area (Å²) >= 11 is 3.37. The number of rotatable bonds is 6. The Morgan fingerprint density at radius 2 is 1.88 bits per heavy atom. The van der Waals surface area contributed by atoms with Gasteiger partial charge >= 0.3 is 0 Å². The number of ether oxygens (including phenoxy) is 2. The van der Waals surface area contributed by atoms with E-state index in [9.17, 15) is 9.59 Å². The lowest BCUT2D eigenvalue weighted by Gasteiger charge is -2.14. The standard InChI is InChI=1S/C19H21BrN2O4/c1-4-26-18-15(20)9-14(10-16(18)25-3)19(24)22-21-17(23)11-13-8-6-5-7-12(13)2/h5-10H,4,11H2,1-3H3,(H,21,23)(H,22,24). The van der Waals surface area contributed by atoms with Crippen molar-refractivity contribution < 1.29 is 19.1 Å². The van der Waals surface area contributed by atoms with Crippen LogP contribution in [0.1, 0.15) is 28.4 Å². The first kappa shape index (κ1) is 19.8. The van der Waals surface area contributed by atoms with Crippen LogP contribution in [-0.2, 0) is 11.2 Å². The minimum absolute atomic E-state index is 0.184. The fraction of sp³-hybridized carbons (Fsp3) is 0.263. The van der Waals surface area contributed by atoms with Crippen LogP contribution < -0.4 is 20.3 Å². The Morgan fingerprint density at radius 1 is 1.15 bits per heavy atom. The second-order valence-electron chi connectivity index (χ2n) is 5.53. The molecule has 0 atom stereocenters. The lowest BCUT2D eigenvalue weighted by atomic mass is 10.1. The van der Waals surface area contributed by atoms with Gasteiger partial charge in [0.1, 0.15) is 0 Å². The van der Waals surface area contributed by atoms with Gasteiger partial charge in [0.2, 0.25) is 5.91 Å². The number of aryl methyl sites for hydroxylation is 1. The summed E-state index contributed by atoms with van der Waals surface area (Å²) in [6.45, 7) is 4.26. The van der Waals surface area contributed by atoms with E-state index in [4.69, 9.17) is 9.47 Å². The predicted molar refractivity (Wildman–Crippen MR) is 102 cm³/mol. The van der Waals surface area contributed by atoms with Crippen LogP contribution >= 0.6 is 15.9 Å². The van der Waals surface area contributed by atoms with Gasteiger partial charge in [0.15, 0.2) is 11.5 Å². The quantitative estimate of drug-likeness (QED) is 0.703. The van der Waals surface area contributed by atoms with Crippen LogP contribution in [0.3, 0.4) is 0 Å². The Hall–Kier alpha value is -2.54. The summed E-state index contributed by atoms with van der Waals surface area (Å²) in [5, 5.41) is 0. The molecule has 0 saturated carbocycles. The van der Waals surface area contributed by atoms with Crippen LogP contribution in [0.2, 0.25) is 0 Å². The fourth-order valence-corrected chi connectivity index (χ4v) is 2.92. The lowest BCUT2D eigenvalue weighted by Crippen LogP contribution is -2.42. The molecule has 2 aromatic carbocycles. The maximum atomic E-state index is 12.3. The van der Waals surface area contributed by atoms with Crippen LogP contribution in [0, 0.1) is 6.92 Å². The first-order valence-corrected chi connectivity index (χ1v) is 8.89. The van der Waals surface area contributed by atoms with Crippen molar-refractivity contribution in [2.75, 3.05) is 13.7 Å². The van der Waals surface area contributed by atoms with Gasteiger partial charge in [-0.1, -0.05) is 24.3 Å². The van der Waals surface area contributed by atoms with Crippen LogP contribution in [0.25, 0.3) is 0 Å². The monoisotopic (exact) mass is 420 g/mol. The minimum atomic E-state index is -0.454. The Labute approximate surface area is 161 Å². The fourth-order valence-electron chi connectivity index (χ4n) is 2.36. The van der Waals surface area contributed by atoms with Gasteiger partial charge in [-0.3, -0.25) is 20.4 Å². The zero-order chi connectivity index (χ0) is 19.1. The van der Waals surface area contributed by atoms with Crippen molar-refractivity contribution in [1.82, 2.24) is 10.9 Å². The van der Waals surface area contributed by atoms with Gasteiger partial charge in [-0.05, 0) is 53.0 Å². The number of hydrogen-bond acceptors (Lipinski definition) is 4. The van der Waals surface area contributed by atoms with Gasteiger partial charge in [-0.2, -0.15) is 0 Å². The summed E-state index contributed by atoms with van der Waals surface area (Å²) in [6.07, 6.45) is 0.184. The predicted octanol–water partition coefficient (Wildman–Crippen LogP) is 3.17. The maximum Gasteiger partial charge on any atom is 0.269 e. The molecule has 2 amide bonds. The summed E-state index contributed by atoms with van der Waals surface area (Å²) in [5.74, 6) is 0.197. The van der Waals surface area contributed by atoms with Crippen molar-refractivity contribution in [3.63, 3.8) is 0 Å². The molecule has 0 aliphatic rings. The van der Waals surface area contributed by atoms with E-state index in [-0.39, 0.29) is 12.3 Å². The van der Waals surface area contributed by atoms with E-state index < -0.39 is 5.91 Å². The largest absolute Gasteiger partial charge is 0.493 e. The first-order valence-electron chi connectivity index (χ1n) is 8.10. The van der Waals surface area contributed by atoms with Crippen molar-refractivity contribution in [2.24, 2.45) is 0 Å². The molecular formula is C19H21BrN2O4. The van der Waals surface area contributed by atoms with E-state index in [2.05, 4.69) is 26.8 Å². The van der Waals surface area contributed by atoms with Crippen molar-refractivity contribution in [3.8, 4) is 11.5 Å². The number of carbonyl (C=O) groups is 2. The molecule has 0 aliphatic heterocycles. The first-order chi connectivity index (χ1) is 12.5. The van der Waals surface area contributed by atoms with E-state index >= 15 is 0 Å². The normalized spacial score (nSPS) is 10.2. The summed E-state index contributed by atoms with van der Waals surface area (Å²) in [7, 11) is 1.50. The van der Waals surface area contributed by atoms with E-state index in [1.54, 1.807) is 12.1 Å². The SMILES string of the molecule is CCOc1c(Br)cc(C(=O)NNC(=O)Cc2ccccc2C)cc1OC. The third-order valence-electron chi connectivity index (χ3n) is 3.71. The molecular weight excluding hydrogens is 400 g/mol. The maximum absolute atomic E-state index is 12.3. The molecule has 0 heterocycles.